The molecule has 1 aliphatic rings. The van der Waals surface area contributed by atoms with Gasteiger partial charge in [0.25, 0.3) is 0 Å². The first kappa shape index (κ1) is 11.5. The molecule has 1 unspecified atom stereocenters. The van der Waals surface area contributed by atoms with Gasteiger partial charge in [-0.2, -0.15) is 0 Å². The minimum atomic E-state index is 0.241. The van der Waals surface area contributed by atoms with Gasteiger partial charge in [-0.1, -0.05) is 24.6 Å². The highest BCUT2D eigenvalue weighted by atomic mass is 16.5. The standard InChI is InChI=1S/C14H21NO/c1-11(2)16-14-9-4-3-7-12(14)13-8-5-6-10-15-13/h3-4,7,9,11,13,15H,5-6,8,10H2,1-2H3. The molecule has 1 N–H and O–H groups in total. The van der Waals surface area contributed by atoms with Crippen LogP contribution < -0.4 is 10.1 Å². The Balaban J connectivity index is 2.17. The van der Waals surface area contributed by atoms with E-state index in [9.17, 15) is 0 Å². The van der Waals surface area contributed by atoms with Gasteiger partial charge in [-0.15, -0.1) is 0 Å². The fourth-order valence-corrected chi connectivity index (χ4v) is 2.25. The van der Waals surface area contributed by atoms with Crippen molar-refractivity contribution in [2.24, 2.45) is 0 Å². The number of benzene rings is 1. The summed E-state index contributed by atoms with van der Waals surface area (Å²) in [5.74, 6) is 1.04. The van der Waals surface area contributed by atoms with E-state index in [4.69, 9.17) is 4.74 Å². The van der Waals surface area contributed by atoms with Crippen LogP contribution in [0.25, 0.3) is 0 Å². The zero-order chi connectivity index (χ0) is 11.4. The van der Waals surface area contributed by atoms with Crippen LogP contribution >= 0.6 is 0 Å². The highest BCUT2D eigenvalue weighted by Gasteiger charge is 2.18. The van der Waals surface area contributed by atoms with Crippen molar-refractivity contribution in [3.63, 3.8) is 0 Å². The summed E-state index contributed by atoms with van der Waals surface area (Å²) >= 11 is 0. The molecule has 1 fully saturated rings. The maximum atomic E-state index is 5.86. The Morgan fingerprint density at radius 2 is 2.06 bits per heavy atom. The molecule has 2 nitrogen and oxygen atoms in total. The lowest BCUT2D eigenvalue weighted by Gasteiger charge is -2.26. The van der Waals surface area contributed by atoms with Crippen LogP contribution in [-0.4, -0.2) is 12.6 Å². The van der Waals surface area contributed by atoms with E-state index in [1.807, 2.05) is 6.07 Å². The number of hydrogen-bond acceptors (Lipinski definition) is 2. The van der Waals surface area contributed by atoms with Crippen LogP contribution in [0.5, 0.6) is 5.75 Å². The van der Waals surface area contributed by atoms with E-state index in [2.05, 4.69) is 37.4 Å². The van der Waals surface area contributed by atoms with Crippen LogP contribution in [0, 0.1) is 0 Å². The highest BCUT2D eigenvalue weighted by Crippen LogP contribution is 2.30. The Labute approximate surface area is 98.0 Å². The smallest absolute Gasteiger partial charge is 0.124 e. The zero-order valence-electron chi connectivity index (χ0n) is 10.2. The number of nitrogens with one attached hydrogen (secondary N) is 1. The average Bonchev–Trinajstić information content (AvgIpc) is 2.30. The van der Waals surface area contributed by atoms with Crippen LogP contribution in [0.15, 0.2) is 24.3 Å². The van der Waals surface area contributed by atoms with Gasteiger partial charge in [0.1, 0.15) is 5.75 Å². The summed E-state index contributed by atoms with van der Waals surface area (Å²) in [6, 6.07) is 8.87. The van der Waals surface area contributed by atoms with Gasteiger partial charge in [-0.25, -0.2) is 0 Å². The molecule has 0 aromatic heterocycles. The van der Waals surface area contributed by atoms with Gasteiger partial charge in [0.05, 0.1) is 6.10 Å². The Bertz CT molecular complexity index is 329. The molecule has 0 spiro atoms. The lowest BCUT2D eigenvalue weighted by Crippen LogP contribution is -2.27. The third-order valence-corrected chi connectivity index (χ3v) is 2.97. The number of piperidine rings is 1. The maximum Gasteiger partial charge on any atom is 0.124 e. The quantitative estimate of drug-likeness (QED) is 0.842. The summed E-state index contributed by atoms with van der Waals surface area (Å²) in [4.78, 5) is 0. The molecular weight excluding hydrogens is 198 g/mol. The van der Waals surface area contributed by atoms with Gasteiger partial charge >= 0.3 is 0 Å². The van der Waals surface area contributed by atoms with Crippen molar-refractivity contribution in [2.45, 2.75) is 45.3 Å². The van der Waals surface area contributed by atoms with Crippen LogP contribution in [0.1, 0.15) is 44.7 Å². The molecule has 1 atom stereocenters. The van der Waals surface area contributed by atoms with Crippen LogP contribution in [0.4, 0.5) is 0 Å². The van der Waals surface area contributed by atoms with Gasteiger partial charge < -0.3 is 10.1 Å². The number of ether oxygens (including phenoxy) is 1. The summed E-state index contributed by atoms with van der Waals surface area (Å²) in [5.41, 5.74) is 1.32. The molecular formula is C14H21NO. The van der Waals surface area contributed by atoms with Crippen molar-refractivity contribution in [1.82, 2.24) is 5.32 Å². The largest absolute Gasteiger partial charge is 0.491 e. The van der Waals surface area contributed by atoms with E-state index >= 15 is 0 Å². The summed E-state index contributed by atoms with van der Waals surface area (Å²) < 4.78 is 5.86. The van der Waals surface area contributed by atoms with Crippen LogP contribution in [0.2, 0.25) is 0 Å². The molecule has 1 heterocycles. The first-order valence-electron chi connectivity index (χ1n) is 6.26. The third kappa shape index (κ3) is 2.76. The van der Waals surface area contributed by atoms with Gasteiger partial charge in [0.2, 0.25) is 0 Å². The van der Waals surface area contributed by atoms with E-state index in [0.717, 1.165) is 12.3 Å². The molecule has 0 amide bonds. The van der Waals surface area contributed by atoms with Crippen molar-refractivity contribution in [3.05, 3.63) is 29.8 Å². The van der Waals surface area contributed by atoms with Crippen molar-refractivity contribution in [3.8, 4) is 5.75 Å². The predicted molar refractivity (Wildman–Crippen MR) is 66.8 cm³/mol. The fraction of sp³-hybridized carbons (Fsp3) is 0.571. The second-order valence-electron chi connectivity index (χ2n) is 4.71. The molecule has 88 valence electrons. The van der Waals surface area contributed by atoms with Crippen LogP contribution in [-0.2, 0) is 0 Å². The molecule has 0 aliphatic carbocycles. The Morgan fingerprint density at radius 1 is 1.25 bits per heavy atom. The maximum absolute atomic E-state index is 5.86. The summed E-state index contributed by atoms with van der Waals surface area (Å²) in [5, 5.41) is 3.57. The molecule has 1 saturated heterocycles. The summed E-state index contributed by atoms with van der Waals surface area (Å²) in [6.07, 6.45) is 4.07. The molecule has 1 aromatic carbocycles. The van der Waals surface area contributed by atoms with Crippen molar-refractivity contribution < 1.29 is 4.74 Å². The van der Waals surface area contributed by atoms with Crippen LogP contribution in [0.3, 0.4) is 0 Å². The Morgan fingerprint density at radius 3 is 2.75 bits per heavy atom. The van der Waals surface area contributed by atoms with E-state index in [1.54, 1.807) is 0 Å². The second kappa shape index (κ2) is 5.35. The zero-order valence-corrected chi connectivity index (χ0v) is 10.2. The summed E-state index contributed by atoms with van der Waals surface area (Å²) in [6.45, 7) is 5.27. The molecule has 0 saturated carbocycles. The highest BCUT2D eigenvalue weighted by molar-refractivity contribution is 5.36. The second-order valence-corrected chi connectivity index (χ2v) is 4.71. The molecule has 1 aliphatic heterocycles. The number of rotatable bonds is 3. The van der Waals surface area contributed by atoms with Gasteiger partial charge in [0.15, 0.2) is 0 Å². The van der Waals surface area contributed by atoms with Gasteiger partial charge in [0, 0.05) is 11.6 Å². The van der Waals surface area contributed by atoms with E-state index in [0.29, 0.717) is 6.04 Å². The minimum absolute atomic E-state index is 0.241. The number of para-hydroxylation sites is 1. The SMILES string of the molecule is CC(C)Oc1ccccc1C1CCCCN1. The summed E-state index contributed by atoms with van der Waals surface area (Å²) in [7, 11) is 0. The average molecular weight is 219 g/mol. The fourth-order valence-electron chi connectivity index (χ4n) is 2.25. The first-order chi connectivity index (χ1) is 7.77. The third-order valence-electron chi connectivity index (χ3n) is 2.97. The normalized spacial score (nSPS) is 21.1. The first-order valence-corrected chi connectivity index (χ1v) is 6.26. The molecule has 0 radical (unpaired) electrons. The Hall–Kier alpha value is -1.02. The Kier molecular flexibility index (Phi) is 3.83. The lowest BCUT2D eigenvalue weighted by atomic mass is 9.97. The van der Waals surface area contributed by atoms with E-state index in [1.165, 1.54) is 24.8 Å². The van der Waals surface area contributed by atoms with Crippen molar-refractivity contribution in [1.29, 1.82) is 0 Å². The van der Waals surface area contributed by atoms with Gasteiger partial charge in [-0.05, 0) is 39.3 Å². The topological polar surface area (TPSA) is 21.3 Å². The molecule has 2 rings (SSSR count). The van der Waals surface area contributed by atoms with Gasteiger partial charge in [-0.3, -0.25) is 0 Å². The van der Waals surface area contributed by atoms with Crippen molar-refractivity contribution in [2.75, 3.05) is 6.54 Å². The molecule has 16 heavy (non-hydrogen) atoms. The van der Waals surface area contributed by atoms with Crippen molar-refractivity contribution >= 4 is 0 Å². The minimum Gasteiger partial charge on any atom is -0.491 e. The molecule has 0 bridgehead atoms. The lowest BCUT2D eigenvalue weighted by molar-refractivity contribution is 0.236. The molecule has 1 aromatic rings. The molecule has 2 heteroatoms. The van der Waals surface area contributed by atoms with E-state index in [-0.39, 0.29) is 6.10 Å². The monoisotopic (exact) mass is 219 g/mol. The van der Waals surface area contributed by atoms with E-state index < -0.39 is 0 Å². The number of hydrogen-bond donors (Lipinski definition) is 1. The predicted octanol–water partition coefficient (Wildman–Crippen LogP) is 3.29.